The van der Waals surface area contributed by atoms with Crippen molar-refractivity contribution in [2.24, 2.45) is 0 Å². The summed E-state index contributed by atoms with van der Waals surface area (Å²) in [6.07, 6.45) is 1.37. The van der Waals surface area contributed by atoms with E-state index < -0.39 is 17.5 Å². The Morgan fingerprint density at radius 3 is 2.56 bits per heavy atom. The fraction of sp³-hybridized carbons (Fsp3) is 0.130. The van der Waals surface area contributed by atoms with Gasteiger partial charge in [-0.15, -0.1) is 0 Å². The number of fused-ring (bicyclic) bond motifs is 1. The minimum atomic E-state index is -0.609. The monoisotopic (exact) mass is 469 g/mol. The van der Waals surface area contributed by atoms with E-state index in [0.717, 1.165) is 0 Å². The fourth-order valence-corrected chi connectivity index (χ4v) is 3.87. The number of carbonyl (C=O) groups is 2. The van der Waals surface area contributed by atoms with Crippen LogP contribution in [0.15, 0.2) is 64.3 Å². The van der Waals surface area contributed by atoms with Crippen LogP contribution in [-0.4, -0.2) is 26.9 Å². The van der Waals surface area contributed by atoms with Gasteiger partial charge in [0.25, 0.3) is 5.91 Å². The Bertz CT molecular complexity index is 1320. The highest BCUT2D eigenvalue weighted by Gasteiger charge is 2.25. The molecule has 0 bridgehead atoms. The number of halogens is 2. The number of amides is 1. The Labute approximate surface area is 192 Å². The van der Waals surface area contributed by atoms with Gasteiger partial charge in [0.2, 0.25) is 5.78 Å². The zero-order valence-electron chi connectivity index (χ0n) is 17.1. The number of aromatic nitrogens is 2. The number of thioether (sulfide) groups is 1. The molecule has 32 heavy (non-hydrogen) atoms. The molecule has 6 nitrogen and oxygen atoms in total. The summed E-state index contributed by atoms with van der Waals surface area (Å²) in [5.41, 5.74) is 0.803. The maximum Gasteiger partial charge on any atom is 0.276 e. The van der Waals surface area contributed by atoms with Gasteiger partial charge in [-0.05, 0) is 36.4 Å². The molecule has 2 aromatic carbocycles. The van der Waals surface area contributed by atoms with Gasteiger partial charge in [0.1, 0.15) is 11.4 Å². The van der Waals surface area contributed by atoms with Gasteiger partial charge in [-0.3, -0.25) is 9.59 Å². The third-order valence-corrected chi connectivity index (χ3v) is 5.58. The predicted molar refractivity (Wildman–Crippen MR) is 122 cm³/mol. The molecule has 4 aromatic rings. The van der Waals surface area contributed by atoms with Crippen molar-refractivity contribution in [2.45, 2.75) is 24.3 Å². The first-order chi connectivity index (χ1) is 15.3. The summed E-state index contributed by atoms with van der Waals surface area (Å²) in [7, 11) is 0. The number of nitrogens with zero attached hydrogens (tertiary/aromatic N) is 2. The summed E-state index contributed by atoms with van der Waals surface area (Å²) >= 11 is 7.57. The fourth-order valence-electron chi connectivity index (χ4n) is 3.01. The standard InChI is InChI=1S/C23H17ClFN3O3S/c1-12(2)32-23-26-11-16(24)19(28-23)22(30)27-18-15-5-3-4-6-17(15)31-21(18)20(29)13-7-9-14(25)10-8-13/h3-12H,1-2H3,(H,27,30). The molecule has 0 spiro atoms. The molecule has 0 aliphatic carbocycles. The Morgan fingerprint density at radius 2 is 1.84 bits per heavy atom. The molecule has 0 aliphatic heterocycles. The number of para-hydroxylation sites is 1. The first-order valence-corrected chi connectivity index (χ1v) is 10.9. The second-order valence-electron chi connectivity index (χ2n) is 7.11. The van der Waals surface area contributed by atoms with Gasteiger partial charge in [-0.2, -0.15) is 0 Å². The van der Waals surface area contributed by atoms with Crippen LogP contribution in [0.1, 0.15) is 40.5 Å². The number of carbonyl (C=O) groups excluding carboxylic acids is 2. The maximum absolute atomic E-state index is 13.3. The molecule has 0 radical (unpaired) electrons. The summed E-state index contributed by atoms with van der Waals surface area (Å²) in [5.74, 6) is -1.65. The van der Waals surface area contributed by atoms with E-state index >= 15 is 0 Å². The Hall–Kier alpha value is -3.23. The Balaban J connectivity index is 1.74. The molecular formula is C23H17ClFN3O3S. The lowest BCUT2D eigenvalue weighted by Crippen LogP contribution is -2.17. The van der Waals surface area contributed by atoms with E-state index in [-0.39, 0.29) is 33.0 Å². The number of benzene rings is 2. The lowest BCUT2D eigenvalue weighted by atomic mass is 10.1. The van der Waals surface area contributed by atoms with Crippen LogP contribution in [0.4, 0.5) is 10.1 Å². The van der Waals surface area contributed by atoms with E-state index in [2.05, 4.69) is 15.3 Å². The highest BCUT2D eigenvalue weighted by atomic mass is 35.5. The quantitative estimate of drug-likeness (QED) is 0.212. The SMILES string of the molecule is CC(C)Sc1ncc(Cl)c(C(=O)Nc2c(C(=O)c3ccc(F)cc3)oc3ccccc23)n1. The third kappa shape index (κ3) is 4.51. The van der Waals surface area contributed by atoms with Crippen molar-refractivity contribution in [1.29, 1.82) is 0 Å². The molecule has 0 atom stereocenters. The Morgan fingerprint density at radius 1 is 1.12 bits per heavy atom. The van der Waals surface area contributed by atoms with Gasteiger partial charge in [0.15, 0.2) is 16.6 Å². The molecule has 4 rings (SSSR count). The van der Waals surface area contributed by atoms with Crippen LogP contribution >= 0.6 is 23.4 Å². The van der Waals surface area contributed by atoms with E-state index in [1.165, 1.54) is 42.2 Å². The van der Waals surface area contributed by atoms with Crippen molar-refractivity contribution in [3.05, 3.63) is 82.6 Å². The topological polar surface area (TPSA) is 85.1 Å². The number of furan rings is 1. The zero-order valence-corrected chi connectivity index (χ0v) is 18.6. The van der Waals surface area contributed by atoms with Crippen molar-refractivity contribution in [3.63, 3.8) is 0 Å². The predicted octanol–water partition coefficient (Wildman–Crippen LogP) is 6.00. The van der Waals surface area contributed by atoms with E-state index in [1.807, 2.05) is 13.8 Å². The van der Waals surface area contributed by atoms with Crippen LogP contribution in [0.3, 0.4) is 0 Å². The molecule has 0 aliphatic rings. The summed E-state index contributed by atoms with van der Waals surface area (Å²) < 4.78 is 19.1. The van der Waals surface area contributed by atoms with E-state index in [1.54, 1.807) is 24.3 Å². The van der Waals surface area contributed by atoms with Crippen LogP contribution in [0, 0.1) is 5.82 Å². The molecule has 1 N–H and O–H groups in total. The molecular weight excluding hydrogens is 453 g/mol. The molecule has 1 amide bonds. The number of rotatable bonds is 6. The number of hydrogen-bond acceptors (Lipinski definition) is 6. The number of hydrogen-bond donors (Lipinski definition) is 1. The van der Waals surface area contributed by atoms with Crippen LogP contribution < -0.4 is 5.32 Å². The highest BCUT2D eigenvalue weighted by Crippen LogP contribution is 2.33. The molecule has 0 saturated carbocycles. The minimum Gasteiger partial charge on any atom is -0.450 e. The number of nitrogens with one attached hydrogen (secondary N) is 1. The smallest absolute Gasteiger partial charge is 0.276 e. The van der Waals surface area contributed by atoms with Gasteiger partial charge >= 0.3 is 0 Å². The second kappa shape index (κ2) is 9.10. The molecule has 2 heterocycles. The highest BCUT2D eigenvalue weighted by molar-refractivity contribution is 7.99. The van der Waals surface area contributed by atoms with Crippen molar-refractivity contribution < 1.29 is 18.4 Å². The second-order valence-corrected chi connectivity index (χ2v) is 9.06. The lowest BCUT2D eigenvalue weighted by molar-refractivity contribution is 0.101. The van der Waals surface area contributed by atoms with Crippen LogP contribution in [0.25, 0.3) is 11.0 Å². The molecule has 0 saturated heterocycles. The summed E-state index contributed by atoms with van der Waals surface area (Å²) in [6, 6.07) is 12.0. The molecule has 0 unspecified atom stereocenters. The van der Waals surface area contributed by atoms with E-state index in [0.29, 0.717) is 16.1 Å². The molecule has 162 valence electrons. The number of ketones is 1. The van der Waals surface area contributed by atoms with Crippen molar-refractivity contribution in [2.75, 3.05) is 5.32 Å². The van der Waals surface area contributed by atoms with Gasteiger partial charge < -0.3 is 9.73 Å². The van der Waals surface area contributed by atoms with Gasteiger partial charge in [0, 0.05) is 16.2 Å². The number of anilines is 1. The van der Waals surface area contributed by atoms with Crippen LogP contribution in [0.5, 0.6) is 0 Å². The van der Waals surface area contributed by atoms with Crippen LogP contribution in [-0.2, 0) is 0 Å². The maximum atomic E-state index is 13.3. The van der Waals surface area contributed by atoms with Gasteiger partial charge in [-0.25, -0.2) is 14.4 Å². The molecule has 9 heteroatoms. The lowest BCUT2D eigenvalue weighted by Gasteiger charge is -2.09. The summed E-state index contributed by atoms with van der Waals surface area (Å²) in [5, 5.41) is 3.96. The van der Waals surface area contributed by atoms with Gasteiger partial charge in [0.05, 0.1) is 16.9 Å². The molecule has 0 fully saturated rings. The first-order valence-electron chi connectivity index (χ1n) is 9.66. The minimum absolute atomic E-state index is 0.0183. The Kier molecular flexibility index (Phi) is 6.25. The summed E-state index contributed by atoms with van der Waals surface area (Å²) in [6.45, 7) is 3.96. The van der Waals surface area contributed by atoms with Crippen molar-refractivity contribution in [3.8, 4) is 0 Å². The van der Waals surface area contributed by atoms with E-state index in [4.69, 9.17) is 16.0 Å². The zero-order chi connectivity index (χ0) is 22.8. The van der Waals surface area contributed by atoms with Crippen molar-refractivity contribution in [1.82, 2.24) is 9.97 Å². The average Bonchev–Trinajstić information content (AvgIpc) is 3.13. The largest absolute Gasteiger partial charge is 0.450 e. The van der Waals surface area contributed by atoms with Crippen LogP contribution in [0.2, 0.25) is 5.02 Å². The normalized spacial score (nSPS) is 11.2. The third-order valence-electron chi connectivity index (χ3n) is 4.42. The first kappa shape index (κ1) is 22.0. The van der Waals surface area contributed by atoms with E-state index in [9.17, 15) is 14.0 Å². The summed E-state index contributed by atoms with van der Waals surface area (Å²) in [4.78, 5) is 34.6. The van der Waals surface area contributed by atoms with Crippen molar-refractivity contribution >= 4 is 51.7 Å². The van der Waals surface area contributed by atoms with Gasteiger partial charge in [-0.1, -0.05) is 49.3 Å². The molecule has 2 aromatic heterocycles. The average molecular weight is 470 g/mol.